The molecule has 0 amide bonds. The van der Waals surface area contributed by atoms with Crippen LogP contribution in [0.3, 0.4) is 0 Å². The van der Waals surface area contributed by atoms with Crippen molar-refractivity contribution in [3.8, 4) is 0 Å². The van der Waals surface area contributed by atoms with Gasteiger partial charge in [-0.1, -0.05) is 12.2 Å². The second-order valence-corrected chi connectivity index (χ2v) is 5.51. The van der Waals surface area contributed by atoms with Crippen LogP contribution in [0.5, 0.6) is 0 Å². The lowest BCUT2D eigenvalue weighted by Crippen LogP contribution is -2.11. The molecule has 0 bridgehead atoms. The van der Waals surface area contributed by atoms with E-state index in [-0.39, 0.29) is 0 Å². The summed E-state index contributed by atoms with van der Waals surface area (Å²) in [6.07, 6.45) is 0. The highest BCUT2D eigenvalue weighted by Gasteiger charge is 2.03. The Balaban J connectivity index is 2.09. The van der Waals surface area contributed by atoms with Crippen molar-refractivity contribution in [2.75, 3.05) is 5.32 Å². The number of anilines is 1. The fourth-order valence-corrected chi connectivity index (χ4v) is 2.90. The number of hydrogen-bond acceptors (Lipinski definition) is 3. The third-order valence-electron chi connectivity index (χ3n) is 2.94. The van der Waals surface area contributed by atoms with E-state index in [0.29, 0.717) is 4.99 Å². The zero-order valence-electron chi connectivity index (χ0n) is 10.5. The summed E-state index contributed by atoms with van der Waals surface area (Å²) in [4.78, 5) is 0.452. The van der Waals surface area contributed by atoms with Crippen LogP contribution in [0.25, 0.3) is 0 Å². The molecule has 0 unspecified atom stereocenters. The van der Waals surface area contributed by atoms with E-state index in [2.05, 4.69) is 29.1 Å². The van der Waals surface area contributed by atoms with Crippen molar-refractivity contribution < 1.29 is 0 Å². The number of thiocarbonyl (C=S) groups is 1. The van der Waals surface area contributed by atoms with E-state index < -0.39 is 0 Å². The van der Waals surface area contributed by atoms with Crippen LogP contribution in [-0.2, 0) is 6.54 Å². The van der Waals surface area contributed by atoms with Gasteiger partial charge in [0.05, 0.1) is 0 Å². The lowest BCUT2D eigenvalue weighted by atomic mass is 10.1. The highest BCUT2D eigenvalue weighted by atomic mass is 32.1. The molecule has 2 nitrogen and oxygen atoms in total. The minimum atomic E-state index is 0.452. The first kappa shape index (κ1) is 13.1. The number of hydrogen-bond donors (Lipinski definition) is 2. The lowest BCUT2D eigenvalue weighted by molar-refractivity contribution is 1.13. The van der Waals surface area contributed by atoms with Crippen LogP contribution < -0.4 is 11.1 Å². The number of nitrogens with one attached hydrogen (secondary N) is 1. The van der Waals surface area contributed by atoms with Gasteiger partial charge in [-0.2, -0.15) is 11.3 Å². The summed E-state index contributed by atoms with van der Waals surface area (Å²) in [5.41, 5.74) is 11.5. The van der Waals surface area contributed by atoms with Crippen molar-refractivity contribution in [3.05, 3.63) is 51.2 Å². The molecular weight excluding hydrogens is 260 g/mol. The van der Waals surface area contributed by atoms with Gasteiger partial charge in [-0.05, 0) is 59.5 Å². The molecule has 0 aliphatic rings. The van der Waals surface area contributed by atoms with Gasteiger partial charge in [0.1, 0.15) is 4.99 Å². The third kappa shape index (κ3) is 2.89. The van der Waals surface area contributed by atoms with Gasteiger partial charge in [0, 0.05) is 17.8 Å². The van der Waals surface area contributed by atoms with Gasteiger partial charge in [-0.15, -0.1) is 0 Å². The van der Waals surface area contributed by atoms with E-state index in [1.165, 1.54) is 11.1 Å². The van der Waals surface area contributed by atoms with Gasteiger partial charge in [0.2, 0.25) is 0 Å². The standard InChI is InChI=1S/C14H16N2S2/c1-9-5-12(3-4-13(9)14(15)17)16-6-11-8-18-7-10(11)2/h3-5,7-8,16H,6H2,1-2H3,(H2,15,17). The molecule has 0 fully saturated rings. The fourth-order valence-electron chi connectivity index (χ4n) is 1.82. The van der Waals surface area contributed by atoms with Gasteiger partial charge in [0.25, 0.3) is 0 Å². The van der Waals surface area contributed by atoms with Crippen molar-refractivity contribution in [2.45, 2.75) is 20.4 Å². The SMILES string of the molecule is Cc1cscc1CNc1ccc(C(N)=S)c(C)c1. The van der Waals surface area contributed by atoms with Crippen LogP contribution in [0.15, 0.2) is 29.0 Å². The number of aryl methyl sites for hydroxylation is 2. The number of nitrogens with two attached hydrogens (primary N) is 1. The summed E-state index contributed by atoms with van der Waals surface area (Å²) in [5, 5.41) is 7.76. The Morgan fingerprint density at radius 2 is 2.06 bits per heavy atom. The Kier molecular flexibility index (Phi) is 3.99. The Morgan fingerprint density at radius 1 is 1.28 bits per heavy atom. The Labute approximate surface area is 117 Å². The molecule has 0 saturated carbocycles. The predicted molar refractivity (Wildman–Crippen MR) is 83.4 cm³/mol. The molecule has 1 aromatic heterocycles. The van der Waals surface area contributed by atoms with Crippen molar-refractivity contribution in [2.24, 2.45) is 5.73 Å². The summed E-state index contributed by atoms with van der Waals surface area (Å²) in [6.45, 7) is 5.01. The van der Waals surface area contributed by atoms with E-state index in [1.54, 1.807) is 11.3 Å². The molecule has 2 rings (SSSR count). The van der Waals surface area contributed by atoms with Crippen molar-refractivity contribution in [1.29, 1.82) is 0 Å². The van der Waals surface area contributed by atoms with Crippen molar-refractivity contribution >= 4 is 34.2 Å². The van der Waals surface area contributed by atoms with Gasteiger partial charge in [0.15, 0.2) is 0 Å². The second-order valence-electron chi connectivity index (χ2n) is 4.33. The molecule has 3 N–H and O–H groups in total. The van der Waals surface area contributed by atoms with E-state index in [0.717, 1.165) is 23.4 Å². The minimum Gasteiger partial charge on any atom is -0.389 e. The summed E-state index contributed by atoms with van der Waals surface area (Å²) < 4.78 is 0. The molecule has 1 heterocycles. The van der Waals surface area contributed by atoms with Crippen molar-refractivity contribution in [1.82, 2.24) is 0 Å². The van der Waals surface area contributed by atoms with Crippen LogP contribution >= 0.6 is 23.6 Å². The summed E-state index contributed by atoms with van der Waals surface area (Å²) >= 11 is 6.74. The second kappa shape index (κ2) is 5.50. The normalized spacial score (nSPS) is 10.3. The summed E-state index contributed by atoms with van der Waals surface area (Å²) in [7, 11) is 0. The highest BCUT2D eigenvalue weighted by Crippen LogP contribution is 2.18. The molecule has 0 radical (unpaired) electrons. The third-order valence-corrected chi connectivity index (χ3v) is 4.07. The monoisotopic (exact) mass is 276 g/mol. The first-order valence-electron chi connectivity index (χ1n) is 5.74. The summed E-state index contributed by atoms with van der Waals surface area (Å²) in [5.74, 6) is 0. The maximum absolute atomic E-state index is 5.65. The summed E-state index contributed by atoms with van der Waals surface area (Å²) in [6, 6.07) is 6.07. The minimum absolute atomic E-state index is 0.452. The first-order chi connectivity index (χ1) is 8.58. The van der Waals surface area contributed by atoms with Gasteiger partial charge in [-0.3, -0.25) is 0 Å². The molecule has 0 saturated heterocycles. The molecular formula is C14H16N2S2. The Morgan fingerprint density at radius 3 is 2.61 bits per heavy atom. The van der Waals surface area contributed by atoms with Gasteiger partial charge >= 0.3 is 0 Å². The zero-order chi connectivity index (χ0) is 13.1. The van der Waals surface area contributed by atoms with E-state index >= 15 is 0 Å². The van der Waals surface area contributed by atoms with Crippen LogP contribution in [-0.4, -0.2) is 4.99 Å². The first-order valence-corrected chi connectivity index (χ1v) is 7.09. The van der Waals surface area contributed by atoms with Crippen molar-refractivity contribution in [3.63, 3.8) is 0 Å². The topological polar surface area (TPSA) is 38.0 Å². The highest BCUT2D eigenvalue weighted by molar-refractivity contribution is 7.80. The van der Waals surface area contributed by atoms with Gasteiger partial charge < -0.3 is 11.1 Å². The zero-order valence-corrected chi connectivity index (χ0v) is 12.1. The van der Waals surface area contributed by atoms with Crippen LogP contribution in [0.2, 0.25) is 0 Å². The number of thiophene rings is 1. The lowest BCUT2D eigenvalue weighted by Gasteiger charge is -2.09. The van der Waals surface area contributed by atoms with Gasteiger partial charge in [-0.25, -0.2) is 0 Å². The largest absolute Gasteiger partial charge is 0.389 e. The predicted octanol–water partition coefficient (Wildman–Crippen LogP) is 3.61. The van der Waals surface area contributed by atoms with E-state index in [9.17, 15) is 0 Å². The molecule has 2 aromatic rings. The molecule has 0 atom stereocenters. The molecule has 0 aliphatic carbocycles. The average Bonchev–Trinajstić information content (AvgIpc) is 2.72. The molecule has 94 valence electrons. The number of benzene rings is 1. The smallest absolute Gasteiger partial charge is 0.104 e. The molecule has 0 aliphatic heterocycles. The average molecular weight is 276 g/mol. The van der Waals surface area contributed by atoms with E-state index in [1.807, 2.05) is 19.1 Å². The molecule has 1 aromatic carbocycles. The maximum Gasteiger partial charge on any atom is 0.104 e. The van der Waals surface area contributed by atoms with Crippen LogP contribution in [0.1, 0.15) is 22.3 Å². The Hall–Kier alpha value is -1.39. The maximum atomic E-state index is 5.65. The van der Waals surface area contributed by atoms with Crippen LogP contribution in [0.4, 0.5) is 5.69 Å². The molecule has 4 heteroatoms. The quantitative estimate of drug-likeness (QED) is 0.838. The fraction of sp³-hybridized carbons (Fsp3) is 0.214. The van der Waals surface area contributed by atoms with Crippen LogP contribution in [0, 0.1) is 13.8 Å². The molecule has 0 spiro atoms. The van der Waals surface area contributed by atoms with E-state index in [4.69, 9.17) is 18.0 Å². The number of rotatable bonds is 4. The Bertz CT molecular complexity index is 573. The molecule has 18 heavy (non-hydrogen) atoms.